The highest BCUT2D eigenvalue weighted by atomic mass is 16.5. The predicted octanol–water partition coefficient (Wildman–Crippen LogP) is 3.31. The maximum atomic E-state index is 6.18. The van der Waals surface area contributed by atoms with E-state index >= 15 is 0 Å². The average Bonchev–Trinajstić information content (AvgIpc) is 2.74. The number of fused-ring (bicyclic) bond motifs is 4. The van der Waals surface area contributed by atoms with Crippen molar-refractivity contribution in [1.29, 1.82) is 0 Å². The maximum Gasteiger partial charge on any atom is 0.335 e. The standard InChI is InChI=1S/C23H15BN2O/c1-2-9-22-19(7-1)24-20-15-17(21-8-3-4-13-25-21)12-11-16(20)14-18-6-5-10-23(27-22)26(18)24/h1-15H. The first-order valence-electron chi connectivity index (χ1n) is 9.10. The van der Waals surface area contributed by atoms with Crippen molar-refractivity contribution in [1.82, 2.24) is 9.79 Å². The number of hydrogen-bond acceptors (Lipinski definition) is 3. The molecule has 0 atom stereocenters. The fraction of sp³-hybridized carbons (Fsp3) is 0. The van der Waals surface area contributed by atoms with E-state index in [0.717, 1.165) is 28.6 Å². The second kappa shape index (κ2) is 5.48. The molecule has 126 valence electrons. The van der Waals surface area contributed by atoms with E-state index in [2.05, 4.69) is 64.4 Å². The number of nitrogens with zero attached hydrogens (tertiary/aromatic N) is 2. The molecule has 2 aromatic carbocycles. The van der Waals surface area contributed by atoms with Gasteiger partial charge in [-0.25, -0.2) is 0 Å². The van der Waals surface area contributed by atoms with Gasteiger partial charge < -0.3 is 9.55 Å². The maximum absolute atomic E-state index is 6.18. The molecule has 27 heavy (non-hydrogen) atoms. The van der Waals surface area contributed by atoms with Gasteiger partial charge in [0.25, 0.3) is 0 Å². The van der Waals surface area contributed by atoms with Crippen molar-refractivity contribution in [2.45, 2.75) is 0 Å². The zero-order valence-electron chi connectivity index (χ0n) is 14.5. The van der Waals surface area contributed by atoms with Gasteiger partial charge in [0, 0.05) is 11.9 Å². The van der Waals surface area contributed by atoms with Gasteiger partial charge in [0.15, 0.2) is 5.88 Å². The smallest absolute Gasteiger partial charge is 0.335 e. The van der Waals surface area contributed by atoms with Crippen LogP contribution in [0, 0.1) is 0 Å². The van der Waals surface area contributed by atoms with Gasteiger partial charge in [-0.2, -0.15) is 0 Å². The molecule has 0 saturated heterocycles. The lowest BCUT2D eigenvalue weighted by Gasteiger charge is -2.42. The molecule has 0 spiro atoms. The number of aromatic nitrogens is 1. The van der Waals surface area contributed by atoms with E-state index in [-0.39, 0.29) is 6.85 Å². The van der Waals surface area contributed by atoms with E-state index in [1.54, 1.807) is 0 Å². The van der Waals surface area contributed by atoms with Crippen molar-refractivity contribution in [3.8, 4) is 17.0 Å². The normalized spacial score (nSPS) is 15.9. The highest BCUT2D eigenvalue weighted by Gasteiger charge is 2.42. The van der Waals surface area contributed by atoms with E-state index < -0.39 is 0 Å². The summed E-state index contributed by atoms with van der Waals surface area (Å²) in [6.45, 7) is 0.102. The molecule has 0 amide bonds. The van der Waals surface area contributed by atoms with Crippen LogP contribution in [-0.4, -0.2) is 16.6 Å². The van der Waals surface area contributed by atoms with Crippen LogP contribution in [0.3, 0.4) is 0 Å². The molecule has 0 unspecified atom stereocenters. The minimum atomic E-state index is 0.102. The fourth-order valence-electron chi connectivity index (χ4n) is 4.15. The van der Waals surface area contributed by atoms with Crippen molar-refractivity contribution in [3.05, 3.63) is 102 Å². The van der Waals surface area contributed by atoms with Gasteiger partial charge in [-0.15, -0.1) is 0 Å². The first-order valence-corrected chi connectivity index (χ1v) is 9.10. The highest BCUT2D eigenvalue weighted by molar-refractivity contribution is 6.85. The Bertz CT molecular complexity index is 1160. The van der Waals surface area contributed by atoms with Crippen LogP contribution in [0.15, 0.2) is 96.7 Å². The fourth-order valence-corrected chi connectivity index (χ4v) is 4.15. The Hall–Kier alpha value is -3.53. The second-order valence-corrected chi connectivity index (χ2v) is 6.90. The lowest BCUT2D eigenvalue weighted by Crippen LogP contribution is -2.61. The van der Waals surface area contributed by atoms with Crippen LogP contribution >= 0.6 is 0 Å². The van der Waals surface area contributed by atoms with E-state index in [0.29, 0.717) is 0 Å². The molecule has 4 heterocycles. The summed E-state index contributed by atoms with van der Waals surface area (Å²) in [6, 6.07) is 21.0. The Morgan fingerprint density at radius 3 is 2.78 bits per heavy atom. The lowest BCUT2D eigenvalue weighted by molar-refractivity contribution is 0.324. The molecule has 3 aromatic rings. The molecule has 0 N–H and O–H groups in total. The van der Waals surface area contributed by atoms with Crippen LogP contribution < -0.4 is 15.7 Å². The zero-order valence-corrected chi connectivity index (χ0v) is 14.5. The quantitative estimate of drug-likeness (QED) is 0.632. The third-order valence-corrected chi connectivity index (χ3v) is 5.35. The van der Waals surface area contributed by atoms with Crippen molar-refractivity contribution in [2.75, 3.05) is 0 Å². The van der Waals surface area contributed by atoms with Crippen molar-refractivity contribution >= 4 is 23.8 Å². The lowest BCUT2D eigenvalue weighted by atomic mass is 9.45. The number of ether oxygens (including phenoxy) is 1. The molecule has 0 radical (unpaired) electrons. The van der Waals surface area contributed by atoms with Gasteiger partial charge in [0.2, 0.25) is 0 Å². The number of benzene rings is 2. The van der Waals surface area contributed by atoms with Gasteiger partial charge in [-0.1, -0.05) is 48.5 Å². The molecule has 0 bridgehead atoms. The summed E-state index contributed by atoms with van der Waals surface area (Å²) in [5.41, 5.74) is 6.99. The van der Waals surface area contributed by atoms with Crippen LogP contribution in [0.5, 0.6) is 5.75 Å². The van der Waals surface area contributed by atoms with E-state index in [4.69, 9.17) is 4.74 Å². The number of rotatable bonds is 1. The van der Waals surface area contributed by atoms with Crippen LogP contribution in [0.25, 0.3) is 17.3 Å². The average molecular weight is 346 g/mol. The SMILES string of the molecule is C1=CC2=Cc3ccc(-c4ccccn4)cc3B3c4ccccc4OC(=C1)N32. The van der Waals surface area contributed by atoms with Gasteiger partial charge in [-0.05, 0) is 58.5 Å². The third-order valence-electron chi connectivity index (χ3n) is 5.35. The van der Waals surface area contributed by atoms with Crippen LogP contribution in [0.1, 0.15) is 5.56 Å². The molecule has 3 nitrogen and oxygen atoms in total. The Labute approximate surface area is 158 Å². The van der Waals surface area contributed by atoms with E-state index in [9.17, 15) is 0 Å². The minimum absolute atomic E-state index is 0.102. The zero-order chi connectivity index (χ0) is 17.8. The van der Waals surface area contributed by atoms with Gasteiger partial charge in [0.1, 0.15) is 5.75 Å². The highest BCUT2D eigenvalue weighted by Crippen LogP contribution is 2.33. The molecule has 0 fully saturated rings. The van der Waals surface area contributed by atoms with E-state index in [1.807, 2.05) is 36.5 Å². The molecule has 3 aliphatic heterocycles. The number of pyridine rings is 1. The topological polar surface area (TPSA) is 25.4 Å². The molecular formula is C23H15BN2O. The van der Waals surface area contributed by atoms with Crippen molar-refractivity contribution < 1.29 is 4.74 Å². The Morgan fingerprint density at radius 2 is 1.85 bits per heavy atom. The molecule has 0 saturated carbocycles. The van der Waals surface area contributed by atoms with Crippen molar-refractivity contribution in [2.24, 2.45) is 0 Å². The number of hydrogen-bond donors (Lipinski definition) is 0. The summed E-state index contributed by atoms with van der Waals surface area (Å²) in [5, 5.41) is 0. The predicted molar refractivity (Wildman–Crippen MR) is 109 cm³/mol. The largest absolute Gasteiger partial charge is 0.443 e. The van der Waals surface area contributed by atoms with Gasteiger partial charge in [-0.3, -0.25) is 4.98 Å². The number of allylic oxidation sites excluding steroid dienone is 3. The third kappa shape index (κ3) is 2.13. The summed E-state index contributed by atoms with van der Waals surface area (Å²) in [5.74, 6) is 1.80. The Morgan fingerprint density at radius 1 is 0.926 bits per heavy atom. The van der Waals surface area contributed by atoms with Crippen LogP contribution in [0.4, 0.5) is 0 Å². The molecule has 3 aliphatic rings. The molecule has 1 aromatic heterocycles. The molecular weight excluding hydrogens is 331 g/mol. The number of para-hydroxylation sites is 1. The summed E-state index contributed by atoms with van der Waals surface area (Å²) >= 11 is 0. The Kier molecular flexibility index (Phi) is 2.97. The minimum Gasteiger partial charge on any atom is -0.443 e. The summed E-state index contributed by atoms with van der Waals surface area (Å²) < 4.78 is 6.18. The Balaban J connectivity index is 1.61. The summed E-state index contributed by atoms with van der Waals surface area (Å²) in [4.78, 5) is 6.81. The van der Waals surface area contributed by atoms with Gasteiger partial charge in [0.05, 0.1) is 5.69 Å². The van der Waals surface area contributed by atoms with Gasteiger partial charge >= 0.3 is 6.85 Å². The first kappa shape index (κ1) is 14.6. The van der Waals surface area contributed by atoms with Crippen LogP contribution in [0.2, 0.25) is 0 Å². The molecule has 4 heteroatoms. The summed E-state index contributed by atoms with van der Waals surface area (Å²) in [6.07, 6.45) is 10.3. The first-order chi connectivity index (χ1) is 13.4. The summed E-state index contributed by atoms with van der Waals surface area (Å²) in [7, 11) is 0. The van der Waals surface area contributed by atoms with E-state index in [1.165, 1.54) is 16.5 Å². The monoisotopic (exact) mass is 346 g/mol. The van der Waals surface area contributed by atoms with Crippen LogP contribution in [-0.2, 0) is 0 Å². The second-order valence-electron chi connectivity index (χ2n) is 6.90. The molecule has 6 rings (SSSR count). The van der Waals surface area contributed by atoms with Crippen molar-refractivity contribution in [3.63, 3.8) is 0 Å². The molecule has 0 aliphatic carbocycles.